The van der Waals surface area contributed by atoms with Crippen LogP contribution in [0.3, 0.4) is 0 Å². The van der Waals surface area contributed by atoms with Crippen LogP contribution < -0.4 is 4.72 Å². The number of hydrogen-bond acceptors (Lipinski definition) is 3. The van der Waals surface area contributed by atoms with Crippen LogP contribution in [0.25, 0.3) is 0 Å². The van der Waals surface area contributed by atoms with Crippen LogP contribution in [-0.2, 0) is 21.2 Å². The lowest BCUT2D eigenvalue weighted by molar-refractivity contribution is -0.137. The summed E-state index contributed by atoms with van der Waals surface area (Å²) in [5.74, 6) is -0.816. The van der Waals surface area contributed by atoms with E-state index in [0.29, 0.717) is 24.9 Å². The van der Waals surface area contributed by atoms with Gasteiger partial charge in [-0.1, -0.05) is 35.9 Å². The fourth-order valence-corrected chi connectivity index (χ4v) is 3.45. The van der Waals surface area contributed by atoms with Crippen LogP contribution in [0.1, 0.15) is 30.4 Å². The molecule has 6 heteroatoms. The lowest BCUT2D eigenvalue weighted by atomic mass is 10.1. The number of carboxylic acid groups (broad SMARTS) is 1. The summed E-state index contributed by atoms with van der Waals surface area (Å²) in [5, 5.41) is 8.67. The third-order valence-electron chi connectivity index (χ3n) is 3.68. The highest BCUT2D eigenvalue weighted by Crippen LogP contribution is 2.22. The summed E-state index contributed by atoms with van der Waals surface area (Å²) < 4.78 is 27.6. The van der Waals surface area contributed by atoms with Crippen LogP contribution >= 0.6 is 0 Å². The minimum atomic E-state index is -3.64. The number of rotatable bonds is 8. The molecule has 24 heavy (non-hydrogen) atoms. The second-order valence-electron chi connectivity index (χ2n) is 5.68. The summed E-state index contributed by atoms with van der Waals surface area (Å²) in [6.45, 7) is 1.90. The third kappa shape index (κ3) is 5.09. The summed E-state index contributed by atoms with van der Waals surface area (Å²) >= 11 is 0. The van der Waals surface area contributed by atoms with Crippen molar-refractivity contribution < 1.29 is 18.3 Å². The molecule has 2 rings (SSSR count). The van der Waals surface area contributed by atoms with E-state index in [2.05, 4.69) is 4.72 Å². The standard InChI is InChI=1S/C18H21NO4S/c1-14-10-12-16(13-11-14)24(22,23)19-17-8-4-2-6-15(17)7-3-5-9-18(20)21/h2,4,6,8,10-13,19H,3,5,7,9H2,1H3,(H,20,21). The molecule has 0 saturated carbocycles. The number of unbranched alkanes of at least 4 members (excludes halogenated alkanes) is 1. The molecule has 2 aromatic rings. The molecular weight excluding hydrogens is 326 g/mol. The van der Waals surface area contributed by atoms with E-state index in [4.69, 9.17) is 5.11 Å². The Bertz CT molecular complexity index is 798. The number of hydrogen-bond donors (Lipinski definition) is 2. The zero-order valence-corrected chi connectivity index (χ0v) is 14.3. The molecule has 0 heterocycles. The molecule has 2 aromatic carbocycles. The van der Waals surface area contributed by atoms with Gasteiger partial charge in [-0.3, -0.25) is 9.52 Å². The van der Waals surface area contributed by atoms with Crippen LogP contribution in [0.4, 0.5) is 5.69 Å². The molecule has 0 bridgehead atoms. The Labute approximate surface area is 142 Å². The quantitative estimate of drug-likeness (QED) is 0.715. The summed E-state index contributed by atoms with van der Waals surface area (Å²) in [6.07, 6.45) is 2.00. The Morgan fingerprint density at radius 1 is 1.04 bits per heavy atom. The Morgan fingerprint density at radius 3 is 2.38 bits per heavy atom. The first-order valence-corrected chi connectivity index (χ1v) is 9.26. The molecule has 0 fully saturated rings. The molecule has 0 spiro atoms. The summed E-state index contributed by atoms with van der Waals surface area (Å²) in [4.78, 5) is 10.8. The predicted octanol–water partition coefficient (Wildman–Crippen LogP) is 3.59. The van der Waals surface area contributed by atoms with E-state index in [1.165, 1.54) is 0 Å². The van der Waals surface area contributed by atoms with Crippen molar-refractivity contribution in [1.29, 1.82) is 0 Å². The number of aliphatic carboxylic acids is 1. The first kappa shape index (κ1) is 18.0. The van der Waals surface area contributed by atoms with Gasteiger partial charge in [-0.05, 0) is 49.9 Å². The van der Waals surface area contributed by atoms with Gasteiger partial charge in [-0.25, -0.2) is 8.42 Å². The monoisotopic (exact) mass is 347 g/mol. The fourth-order valence-electron chi connectivity index (χ4n) is 2.35. The van der Waals surface area contributed by atoms with Crippen molar-refractivity contribution in [3.63, 3.8) is 0 Å². The Balaban J connectivity index is 2.11. The van der Waals surface area contributed by atoms with Crippen molar-refractivity contribution in [1.82, 2.24) is 0 Å². The zero-order valence-electron chi connectivity index (χ0n) is 13.5. The molecule has 0 radical (unpaired) electrons. The van der Waals surface area contributed by atoms with Crippen LogP contribution in [0, 0.1) is 6.92 Å². The van der Waals surface area contributed by atoms with E-state index in [-0.39, 0.29) is 11.3 Å². The number of para-hydroxylation sites is 1. The van der Waals surface area contributed by atoms with Gasteiger partial charge in [-0.2, -0.15) is 0 Å². The van der Waals surface area contributed by atoms with Gasteiger partial charge in [0.1, 0.15) is 0 Å². The van der Waals surface area contributed by atoms with Crippen molar-refractivity contribution in [2.75, 3.05) is 4.72 Å². The average molecular weight is 347 g/mol. The van der Waals surface area contributed by atoms with Gasteiger partial charge >= 0.3 is 5.97 Å². The molecule has 0 amide bonds. The smallest absolute Gasteiger partial charge is 0.303 e. The predicted molar refractivity (Wildman–Crippen MR) is 93.6 cm³/mol. The van der Waals surface area contributed by atoms with Crippen molar-refractivity contribution in [2.45, 2.75) is 37.5 Å². The number of aryl methyl sites for hydroxylation is 2. The molecule has 0 saturated heterocycles. The maximum Gasteiger partial charge on any atom is 0.303 e. The molecule has 5 nitrogen and oxygen atoms in total. The Kier molecular flexibility index (Phi) is 5.98. The lowest BCUT2D eigenvalue weighted by Gasteiger charge is -2.12. The highest BCUT2D eigenvalue weighted by molar-refractivity contribution is 7.92. The molecular formula is C18H21NO4S. The molecule has 0 aliphatic heterocycles. The first-order valence-electron chi connectivity index (χ1n) is 7.78. The molecule has 0 unspecified atom stereocenters. The molecule has 0 aliphatic carbocycles. The number of benzene rings is 2. The maximum atomic E-state index is 12.5. The van der Waals surface area contributed by atoms with Crippen LogP contribution in [-0.4, -0.2) is 19.5 Å². The van der Waals surface area contributed by atoms with Crippen molar-refractivity contribution in [3.05, 3.63) is 59.7 Å². The number of anilines is 1. The van der Waals surface area contributed by atoms with E-state index in [1.54, 1.807) is 36.4 Å². The second kappa shape index (κ2) is 7.97. The number of nitrogens with one attached hydrogen (secondary N) is 1. The topological polar surface area (TPSA) is 83.5 Å². The van der Waals surface area contributed by atoms with Crippen LogP contribution in [0.2, 0.25) is 0 Å². The van der Waals surface area contributed by atoms with Crippen LogP contribution in [0.15, 0.2) is 53.4 Å². The van der Waals surface area contributed by atoms with Crippen molar-refractivity contribution in [3.8, 4) is 0 Å². The van der Waals surface area contributed by atoms with E-state index in [1.807, 2.05) is 19.1 Å². The average Bonchev–Trinajstić information content (AvgIpc) is 2.53. The number of sulfonamides is 1. The van der Waals surface area contributed by atoms with Gasteiger partial charge in [0.2, 0.25) is 0 Å². The SMILES string of the molecule is Cc1ccc(S(=O)(=O)Nc2ccccc2CCCCC(=O)O)cc1. The largest absolute Gasteiger partial charge is 0.481 e. The minimum absolute atomic E-state index is 0.122. The minimum Gasteiger partial charge on any atom is -0.481 e. The van der Waals surface area contributed by atoms with Gasteiger partial charge in [0.05, 0.1) is 10.6 Å². The molecule has 2 N–H and O–H groups in total. The lowest BCUT2D eigenvalue weighted by Crippen LogP contribution is -2.14. The van der Waals surface area contributed by atoms with E-state index in [0.717, 1.165) is 11.1 Å². The second-order valence-corrected chi connectivity index (χ2v) is 7.36. The van der Waals surface area contributed by atoms with Gasteiger partial charge in [0.25, 0.3) is 10.0 Å². The number of carbonyl (C=O) groups is 1. The van der Waals surface area contributed by atoms with E-state index >= 15 is 0 Å². The van der Waals surface area contributed by atoms with Crippen molar-refractivity contribution >= 4 is 21.7 Å². The van der Waals surface area contributed by atoms with Gasteiger partial charge in [0.15, 0.2) is 0 Å². The van der Waals surface area contributed by atoms with Gasteiger partial charge < -0.3 is 5.11 Å². The van der Waals surface area contributed by atoms with Crippen LogP contribution in [0.5, 0.6) is 0 Å². The van der Waals surface area contributed by atoms with Crippen molar-refractivity contribution in [2.24, 2.45) is 0 Å². The summed E-state index contributed by atoms with van der Waals surface area (Å²) in [5.41, 5.74) is 2.39. The summed E-state index contributed by atoms with van der Waals surface area (Å²) in [6, 6.07) is 13.9. The fraction of sp³-hybridized carbons (Fsp3) is 0.278. The van der Waals surface area contributed by atoms with Gasteiger partial charge in [0, 0.05) is 6.42 Å². The first-order chi connectivity index (χ1) is 11.4. The van der Waals surface area contributed by atoms with E-state index < -0.39 is 16.0 Å². The molecule has 0 atom stereocenters. The Morgan fingerprint density at radius 2 is 1.71 bits per heavy atom. The Hall–Kier alpha value is -2.34. The molecule has 0 aromatic heterocycles. The maximum absolute atomic E-state index is 12.5. The highest BCUT2D eigenvalue weighted by atomic mass is 32.2. The highest BCUT2D eigenvalue weighted by Gasteiger charge is 2.15. The number of carboxylic acids is 1. The van der Waals surface area contributed by atoms with Gasteiger partial charge in [-0.15, -0.1) is 0 Å². The summed E-state index contributed by atoms with van der Waals surface area (Å²) in [7, 11) is -3.64. The molecule has 128 valence electrons. The normalized spacial score (nSPS) is 11.2. The zero-order chi connectivity index (χ0) is 17.6. The van der Waals surface area contributed by atoms with E-state index in [9.17, 15) is 13.2 Å². The third-order valence-corrected chi connectivity index (χ3v) is 5.06. The molecule has 0 aliphatic rings.